The number of nitrogen functional groups attached to an aromatic ring is 1. The minimum atomic E-state index is -0.467. The molecule has 2 N–H and O–H groups in total. The number of anilines is 1. The van der Waals surface area contributed by atoms with E-state index < -0.39 is 5.60 Å². The summed E-state index contributed by atoms with van der Waals surface area (Å²) in [5.41, 5.74) is 8.63. The summed E-state index contributed by atoms with van der Waals surface area (Å²) in [5.74, 6) is -0.355. The number of ether oxygens (including phenoxy) is 1. The highest BCUT2D eigenvalue weighted by molar-refractivity contribution is 7.14. The van der Waals surface area contributed by atoms with Crippen molar-refractivity contribution in [3.05, 3.63) is 52.4 Å². The van der Waals surface area contributed by atoms with Crippen molar-refractivity contribution < 1.29 is 9.53 Å². The second-order valence-electron chi connectivity index (χ2n) is 5.65. The molecule has 106 valence electrons. The zero-order valence-electron chi connectivity index (χ0n) is 12.0. The topological polar surface area (TPSA) is 52.3 Å². The number of nitrogens with two attached hydrogens (primary N) is 1. The Morgan fingerprint density at radius 3 is 2.20 bits per heavy atom. The number of esters is 1. The van der Waals surface area contributed by atoms with Crippen molar-refractivity contribution in [2.24, 2.45) is 0 Å². The van der Waals surface area contributed by atoms with Crippen LogP contribution in [0.3, 0.4) is 0 Å². The number of benzene rings is 1. The second-order valence-corrected chi connectivity index (χ2v) is 6.59. The zero-order valence-corrected chi connectivity index (χ0v) is 12.8. The van der Waals surface area contributed by atoms with Gasteiger partial charge in [0.25, 0.3) is 0 Å². The summed E-state index contributed by atoms with van der Waals surface area (Å²) >= 11 is 1.34. The highest BCUT2D eigenvalue weighted by Gasteiger charge is 2.19. The van der Waals surface area contributed by atoms with E-state index in [1.165, 1.54) is 28.9 Å². The van der Waals surface area contributed by atoms with Crippen molar-refractivity contribution in [2.45, 2.75) is 32.8 Å². The van der Waals surface area contributed by atoms with Crippen molar-refractivity contribution >= 4 is 22.3 Å². The van der Waals surface area contributed by atoms with Gasteiger partial charge in [0.15, 0.2) is 0 Å². The van der Waals surface area contributed by atoms with E-state index in [1.807, 2.05) is 20.8 Å². The van der Waals surface area contributed by atoms with Gasteiger partial charge in [0.05, 0.1) is 5.56 Å². The first-order valence-electron chi connectivity index (χ1n) is 6.50. The van der Waals surface area contributed by atoms with Crippen LogP contribution in [-0.4, -0.2) is 11.6 Å². The van der Waals surface area contributed by atoms with Gasteiger partial charge in [-0.2, -0.15) is 0 Å². The molecule has 0 amide bonds. The molecule has 0 fully saturated rings. The van der Waals surface area contributed by atoms with Crippen LogP contribution in [0.25, 0.3) is 0 Å². The molecule has 2 aromatic rings. The van der Waals surface area contributed by atoms with Crippen LogP contribution in [0.5, 0.6) is 0 Å². The van der Waals surface area contributed by atoms with Gasteiger partial charge in [-0.3, -0.25) is 0 Å². The second kappa shape index (κ2) is 5.67. The average molecular weight is 289 g/mol. The standard InChI is InChI=1S/C9H13NO2S.C7H6/c1-9(2,3)12-8(11)6-4-5-13-7(6)10;1-2-4-7-5-6(7)3-1/h4-5H,10H2,1-3H3;1-4H,5H2. The van der Waals surface area contributed by atoms with Crippen LogP contribution in [0.4, 0.5) is 5.00 Å². The van der Waals surface area contributed by atoms with Crippen molar-refractivity contribution in [3.63, 3.8) is 0 Å². The lowest BCUT2D eigenvalue weighted by Gasteiger charge is -2.19. The number of carbonyl (C=O) groups excluding carboxylic acids is 1. The molecular formula is C16H19NO2S. The molecule has 1 heterocycles. The van der Waals surface area contributed by atoms with Crippen LogP contribution in [0.2, 0.25) is 0 Å². The van der Waals surface area contributed by atoms with Gasteiger partial charge in [-0.25, -0.2) is 4.79 Å². The van der Waals surface area contributed by atoms with E-state index in [4.69, 9.17) is 10.5 Å². The summed E-state index contributed by atoms with van der Waals surface area (Å²) in [6.45, 7) is 5.48. The Morgan fingerprint density at radius 2 is 1.80 bits per heavy atom. The molecule has 0 spiro atoms. The predicted molar refractivity (Wildman–Crippen MR) is 83.1 cm³/mol. The van der Waals surface area contributed by atoms with Gasteiger partial charge in [0, 0.05) is 0 Å². The first-order chi connectivity index (χ1) is 9.37. The summed E-state index contributed by atoms with van der Waals surface area (Å²) in [7, 11) is 0. The Morgan fingerprint density at radius 1 is 1.20 bits per heavy atom. The molecule has 3 rings (SSSR count). The molecule has 0 radical (unpaired) electrons. The van der Waals surface area contributed by atoms with Gasteiger partial charge in [0.2, 0.25) is 0 Å². The summed E-state index contributed by atoms with van der Waals surface area (Å²) in [4.78, 5) is 11.4. The smallest absolute Gasteiger partial charge is 0.341 e. The highest BCUT2D eigenvalue weighted by Crippen LogP contribution is 2.25. The lowest BCUT2D eigenvalue weighted by atomic mass is 10.2. The van der Waals surface area contributed by atoms with Gasteiger partial charge in [-0.15, -0.1) is 11.3 Å². The molecule has 1 aromatic heterocycles. The first kappa shape index (κ1) is 14.6. The molecule has 3 nitrogen and oxygen atoms in total. The number of hydrogen-bond donors (Lipinski definition) is 1. The van der Waals surface area contributed by atoms with Crippen LogP contribution in [-0.2, 0) is 11.2 Å². The fraction of sp³-hybridized carbons (Fsp3) is 0.312. The fourth-order valence-electron chi connectivity index (χ4n) is 1.66. The molecule has 1 aliphatic carbocycles. The third-order valence-corrected chi connectivity index (χ3v) is 3.43. The number of hydrogen-bond acceptors (Lipinski definition) is 4. The van der Waals surface area contributed by atoms with E-state index in [1.54, 1.807) is 11.4 Å². The molecule has 0 bridgehead atoms. The number of thiophene rings is 1. The molecule has 1 aromatic carbocycles. The Kier molecular flexibility index (Phi) is 4.14. The van der Waals surface area contributed by atoms with E-state index in [2.05, 4.69) is 24.3 Å². The van der Waals surface area contributed by atoms with Crippen molar-refractivity contribution in [1.29, 1.82) is 0 Å². The van der Waals surface area contributed by atoms with E-state index in [9.17, 15) is 4.79 Å². The van der Waals surface area contributed by atoms with Gasteiger partial charge in [0.1, 0.15) is 10.6 Å². The van der Waals surface area contributed by atoms with E-state index in [0.717, 1.165) is 0 Å². The maximum atomic E-state index is 11.4. The molecule has 0 saturated carbocycles. The first-order valence-corrected chi connectivity index (χ1v) is 7.38. The Hall–Kier alpha value is -1.81. The summed E-state index contributed by atoms with van der Waals surface area (Å²) in [6.07, 6.45) is 1.24. The van der Waals surface area contributed by atoms with E-state index in [0.29, 0.717) is 10.6 Å². The third-order valence-electron chi connectivity index (χ3n) is 2.69. The average Bonchev–Trinajstić information content (AvgIpc) is 3.01. The molecule has 0 saturated heterocycles. The lowest BCUT2D eigenvalue weighted by Crippen LogP contribution is -2.24. The molecular weight excluding hydrogens is 270 g/mol. The van der Waals surface area contributed by atoms with Crippen molar-refractivity contribution in [2.75, 3.05) is 5.73 Å². The van der Waals surface area contributed by atoms with Crippen molar-refractivity contribution in [1.82, 2.24) is 0 Å². The van der Waals surface area contributed by atoms with Crippen LogP contribution in [0.1, 0.15) is 42.3 Å². The quantitative estimate of drug-likeness (QED) is 0.692. The highest BCUT2D eigenvalue weighted by atomic mass is 32.1. The molecule has 0 aliphatic heterocycles. The SMILES string of the molecule is CC(C)(C)OC(=O)c1ccsc1N.c1ccc2c(c1)C2. The molecule has 0 unspecified atom stereocenters. The number of fused-ring (bicyclic) bond motifs is 1. The minimum Gasteiger partial charge on any atom is -0.456 e. The van der Waals surface area contributed by atoms with E-state index >= 15 is 0 Å². The van der Waals surface area contributed by atoms with Crippen LogP contribution in [0, 0.1) is 0 Å². The molecule has 0 atom stereocenters. The number of carbonyl (C=O) groups is 1. The monoisotopic (exact) mass is 289 g/mol. The molecule has 4 heteroatoms. The Bertz CT molecular complexity index is 590. The maximum Gasteiger partial charge on any atom is 0.341 e. The summed E-state index contributed by atoms with van der Waals surface area (Å²) < 4.78 is 5.15. The van der Waals surface area contributed by atoms with Crippen LogP contribution >= 0.6 is 11.3 Å². The normalized spacial score (nSPS) is 11.9. The third kappa shape index (κ3) is 4.10. The van der Waals surface area contributed by atoms with Gasteiger partial charge in [-0.1, -0.05) is 24.3 Å². The lowest BCUT2D eigenvalue weighted by molar-refractivity contribution is 0.00713. The minimum absolute atomic E-state index is 0.355. The van der Waals surface area contributed by atoms with Crippen LogP contribution in [0.15, 0.2) is 35.7 Å². The summed E-state index contributed by atoms with van der Waals surface area (Å²) in [5, 5.41) is 2.28. The van der Waals surface area contributed by atoms with Gasteiger partial charge in [-0.05, 0) is 49.8 Å². The largest absolute Gasteiger partial charge is 0.456 e. The Balaban J connectivity index is 0.000000173. The Labute approximate surface area is 123 Å². The fourth-order valence-corrected chi connectivity index (χ4v) is 2.29. The van der Waals surface area contributed by atoms with Gasteiger partial charge < -0.3 is 10.5 Å². The van der Waals surface area contributed by atoms with Gasteiger partial charge >= 0.3 is 5.97 Å². The number of rotatable bonds is 1. The summed E-state index contributed by atoms with van der Waals surface area (Å²) in [6, 6.07) is 10.2. The van der Waals surface area contributed by atoms with Crippen molar-refractivity contribution in [3.8, 4) is 0 Å². The molecule has 20 heavy (non-hydrogen) atoms. The zero-order chi connectivity index (χ0) is 14.8. The van der Waals surface area contributed by atoms with Crippen LogP contribution < -0.4 is 5.73 Å². The molecule has 1 aliphatic rings. The maximum absolute atomic E-state index is 11.4. The predicted octanol–water partition coefficient (Wildman–Crippen LogP) is 3.88. The van der Waals surface area contributed by atoms with E-state index in [-0.39, 0.29) is 5.97 Å².